The third kappa shape index (κ3) is 3.86. The van der Waals surface area contributed by atoms with Gasteiger partial charge in [0.1, 0.15) is 5.41 Å². The molecule has 5 nitrogen and oxygen atoms in total. The third-order valence-electron chi connectivity index (χ3n) is 5.04. The zero-order valence-corrected chi connectivity index (χ0v) is 14.9. The van der Waals surface area contributed by atoms with Crippen molar-refractivity contribution < 1.29 is 9.59 Å². The second-order valence-electron chi connectivity index (χ2n) is 6.91. The van der Waals surface area contributed by atoms with Gasteiger partial charge in [-0.1, -0.05) is 38.0 Å². The molecule has 5 heteroatoms. The molecule has 2 aromatic rings. The molecule has 0 spiro atoms. The zero-order chi connectivity index (χ0) is 17.7. The Bertz CT molecular complexity index is 746. The first-order chi connectivity index (χ1) is 12.2. The normalized spacial score (nSPS) is 15.1. The van der Waals surface area contributed by atoms with Crippen LogP contribution in [0.1, 0.15) is 44.6 Å². The maximum absolute atomic E-state index is 12.5. The number of carbonyl (C=O) groups is 2. The van der Waals surface area contributed by atoms with Gasteiger partial charge in [0, 0.05) is 30.2 Å². The third-order valence-corrected chi connectivity index (χ3v) is 5.04. The molecular weight excluding hydrogens is 314 g/mol. The van der Waals surface area contributed by atoms with Crippen LogP contribution in [0.3, 0.4) is 0 Å². The second-order valence-corrected chi connectivity index (χ2v) is 6.91. The molecular formula is C20H27N3O2. The van der Waals surface area contributed by atoms with Gasteiger partial charge in [-0.15, -0.1) is 0 Å². The predicted molar refractivity (Wildman–Crippen MR) is 99.2 cm³/mol. The van der Waals surface area contributed by atoms with Crippen molar-refractivity contribution in [1.29, 1.82) is 0 Å². The summed E-state index contributed by atoms with van der Waals surface area (Å²) < 4.78 is 0. The molecule has 3 N–H and O–H groups in total. The molecule has 1 aliphatic carbocycles. The van der Waals surface area contributed by atoms with Crippen molar-refractivity contribution in [2.45, 2.75) is 45.4 Å². The fraction of sp³-hybridized carbons (Fsp3) is 0.500. The molecule has 0 unspecified atom stereocenters. The summed E-state index contributed by atoms with van der Waals surface area (Å²) in [5, 5.41) is 7.07. The fourth-order valence-electron chi connectivity index (χ4n) is 3.25. The van der Waals surface area contributed by atoms with Crippen LogP contribution in [0.5, 0.6) is 0 Å². The van der Waals surface area contributed by atoms with E-state index in [4.69, 9.17) is 0 Å². The van der Waals surface area contributed by atoms with E-state index in [2.05, 4.69) is 28.6 Å². The Balaban J connectivity index is 1.48. The predicted octanol–water partition coefficient (Wildman–Crippen LogP) is 2.91. The van der Waals surface area contributed by atoms with Crippen LogP contribution in [-0.2, 0) is 16.0 Å². The van der Waals surface area contributed by atoms with Gasteiger partial charge >= 0.3 is 0 Å². The summed E-state index contributed by atoms with van der Waals surface area (Å²) >= 11 is 0. The number of hydrogen-bond donors (Lipinski definition) is 3. The highest BCUT2D eigenvalue weighted by atomic mass is 16.2. The van der Waals surface area contributed by atoms with Crippen molar-refractivity contribution in [3.63, 3.8) is 0 Å². The van der Waals surface area contributed by atoms with E-state index < -0.39 is 5.41 Å². The highest BCUT2D eigenvalue weighted by molar-refractivity contribution is 6.07. The number of nitrogens with one attached hydrogen (secondary N) is 3. The number of rotatable bonds is 9. The van der Waals surface area contributed by atoms with Gasteiger partial charge in [0.2, 0.25) is 11.8 Å². The van der Waals surface area contributed by atoms with Crippen molar-refractivity contribution in [2.75, 3.05) is 13.1 Å². The van der Waals surface area contributed by atoms with Crippen molar-refractivity contribution in [3.8, 4) is 0 Å². The number of benzene rings is 1. The smallest absolute Gasteiger partial charge is 0.235 e. The van der Waals surface area contributed by atoms with Crippen LogP contribution in [0.4, 0.5) is 0 Å². The Morgan fingerprint density at radius 2 is 1.80 bits per heavy atom. The van der Waals surface area contributed by atoms with Gasteiger partial charge in [-0.2, -0.15) is 0 Å². The molecule has 134 valence electrons. The molecule has 1 fully saturated rings. The van der Waals surface area contributed by atoms with E-state index in [0.29, 0.717) is 25.9 Å². The highest BCUT2D eigenvalue weighted by Gasteiger charge is 2.56. The van der Waals surface area contributed by atoms with E-state index in [1.165, 1.54) is 10.9 Å². The molecule has 0 radical (unpaired) electrons. The maximum atomic E-state index is 12.5. The van der Waals surface area contributed by atoms with Gasteiger partial charge in [0.15, 0.2) is 0 Å². The van der Waals surface area contributed by atoms with Crippen LogP contribution in [0.15, 0.2) is 30.5 Å². The average Bonchev–Trinajstić information content (AvgIpc) is 3.35. The number of H-pyrrole nitrogens is 1. The molecule has 0 aliphatic heterocycles. The summed E-state index contributed by atoms with van der Waals surface area (Å²) in [6, 6.07) is 8.13. The molecule has 2 amide bonds. The van der Waals surface area contributed by atoms with Gasteiger partial charge in [-0.25, -0.2) is 0 Å². The van der Waals surface area contributed by atoms with Crippen LogP contribution in [0.2, 0.25) is 0 Å². The largest absolute Gasteiger partial charge is 0.361 e. The van der Waals surface area contributed by atoms with Crippen LogP contribution < -0.4 is 10.6 Å². The number of carbonyl (C=O) groups excluding carboxylic acids is 2. The maximum Gasteiger partial charge on any atom is 0.235 e. The second kappa shape index (κ2) is 7.72. The zero-order valence-electron chi connectivity index (χ0n) is 14.9. The molecule has 1 saturated carbocycles. The first-order valence-electron chi connectivity index (χ1n) is 9.29. The van der Waals surface area contributed by atoms with Gasteiger partial charge in [0.25, 0.3) is 0 Å². The van der Waals surface area contributed by atoms with E-state index in [0.717, 1.165) is 31.2 Å². The molecule has 0 atom stereocenters. The Labute approximate surface area is 148 Å². The summed E-state index contributed by atoms with van der Waals surface area (Å²) in [5.41, 5.74) is 1.48. The quantitative estimate of drug-likeness (QED) is 0.485. The lowest BCUT2D eigenvalue weighted by Crippen LogP contribution is -2.43. The Kier molecular flexibility index (Phi) is 5.41. The lowest BCUT2D eigenvalue weighted by molar-refractivity contribution is -0.137. The molecule has 25 heavy (non-hydrogen) atoms. The van der Waals surface area contributed by atoms with E-state index in [1.807, 2.05) is 24.4 Å². The first-order valence-corrected chi connectivity index (χ1v) is 9.29. The number of aromatic nitrogens is 1. The average molecular weight is 341 g/mol. The van der Waals surface area contributed by atoms with Crippen LogP contribution >= 0.6 is 0 Å². The van der Waals surface area contributed by atoms with Crippen molar-refractivity contribution >= 4 is 22.7 Å². The fourth-order valence-corrected chi connectivity index (χ4v) is 3.25. The SMILES string of the molecule is CCCCCNC(=O)C1(C(=O)NCCc2c[nH]c3ccccc23)CC1. The highest BCUT2D eigenvalue weighted by Crippen LogP contribution is 2.46. The van der Waals surface area contributed by atoms with Crippen LogP contribution in [0, 0.1) is 5.41 Å². The molecule has 0 saturated heterocycles. The summed E-state index contributed by atoms with van der Waals surface area (Å²) in [6.45, 7) is 3.34. The topological polar surface area (TPSA) is 74.0 Å². The van der Waals surface area contributed by atoms with Crippen LogP contribution in [-0.4, -0.2) is 29.9 Å². The van der Waals surface area contributed by atoms with Crippen molar-refractivity contribution in [2.24, 2.45) is 5.41 Å². The number of hydrogen-bond acceptors (Lipinski definition) is 2. The minimum Gasteiger partial charge on any atom is -0.361 e. The summed E-state index contributed by atoms with van der Waals surface area (Å²) in [7, 11) is 0. The first kappa shape index (κ1) is 17.5. The Morgan fingerprint density at radius 1 is 1.08 bits per heavy atom. The molecule has 3 rings (SSSR count). The molecule has 1 heterocycles. The van der Waals surface area contributed by atoms with Crippen LogP contribution in [0.25, 0.3) is 10.9 Å². The van der Waals surface area contributed by atoms with E-state index in [1.54, 1.807) is 0 Å². The minimum absolute atomic E-state index is 0.104. The number of para-hydroxylation sites is 1. The standard InChI is InChI=1S/C20H27N3O2/c1-2-3-6-12-21-18(24)20(10-11-20)19(25)22-13-9-15-14-23-17-8-5-4-7-16(15)17/h4-5,7-8,14,23H,2-3,6,9-13H2,1H3,(H,21,24)(H,22,25). The monoisotopic (exact) mass is 341 g/mol. The van der Waals surface area contributed by atoms with E-state index in [9.17, 15) is 9.59 Å². The van der Waals surface area contributed by atoms with Gasteiger partial charge in [0.05, 0.1) is 0 Å². The van der Waals surface area contributed by atoms with E-state index in [-0.39, 0.29) is 11.8 Å². The molecule has 1 aliphatic rings. The number of fused-ring (bicyclic) bond motifs is 1. The summed E-state index contributed by atoms with van der Waals surface area (Å²) in [6.07, 6.45) is 7.26. The van der Waals surface area contributed by atoms with Crippen molar-refractivity contribution in [1.82, 2.24) is 15.6 Å². The van der Waals surface area contributed by atoms with Crippen molar-refractivity contribution in [3.05, 3.63) is 36.0 Å². The van der Waals surface area contributed by atoms with Gasteiger partial charge in [-0.05, 0) is 37.3 Å². The lowest BCUT2D eigenvalue weighted by atomic mass is 10.0. The Hall–Kier alpha value is -2.30. The number of unbranched alkanes of at least 4 members (excludes halogenated alkanes) is 2. The summed E-state index contributed by atoms with van der Waals surface area (Å²) in [5.74, 6) is -0.228. The van der Waals surface area contributed by atoms with E-state index >= 15 is 0 Å². The summed E-state index contributed by atoms with van der Waals surface area (Å²) in [4.78, 5) is 28.0. The number of aromatic amines is 1. The Morgan fingerprint density at radius 3 is 2.52 bits per heavy atom. The molecule has 0 bridgehead atoms. The molecule has 1 aromatic carbocycles. The molecule has 1 aromatic heterocycles. The lowest BCUT2D eigenvalue weighted by Gasteiger charge is -2.15. The minimum atomic E-state index is -0.813. The van der Waals surface area contributed by atoms with Gasteiger partial charge < -0.3 is 15.6 Å². The number of amides is 2. The van der Waals surface area contributed by atoms with Gasteiger partial charge in [-0.3, -0.25) is 9.59 Å².